The molecular formula is C18H25N3O2. The molecule has 23 heavy (non-hydrogen) atoms. The first-order valence-corrected chi connectivity index (χ1v) is 8.27. The summed E-state index contributed by atoms with van der Waals surface area (Å²) in [6, 6.07) is 5.78. The van der Waals surface area contributed by atoms with Crippen molar-refractivity contribution < 1.29 is 9.53 Å². The van der Waals surface area contributed by atoms with Crippen molar-refractivity contribution >= 4 is 11.5 Å². The molecule has 1 N–H and O–H groups in total. The zero-order valence-electron chi connectivity index (χ0n) is 14.2. The van der Waals surface area contributed by atoms with E-state index in [0.717, 1.165) is 43.4 Å². The predicted octanol–water partition coefficient (Wildman–Crippen LogP) is 0.331. The van der Waals surface area contributed by atoms with Gasteiger partial charge in [0, 0.05) is 37.0 Å². The second kappa shape index (κ2) is 6.42. The summed E-state index contributed by atoms with van der Waals surface area (Å²) in [7, 11) is 0. The number of nitrogens with zero attached hydrogens (tertiary/aromatic N) is 2. The minimum Gasteiger partial charge on any atom is -0.379 e. The molecule has 0 aliphatic carbocycles. The molecule has 0 spiro atoms. The van der Waals surface area contributed by atoms with E-state index in [1.807, 2.05) is 18.2 Å². The second-order valence-corrected chi connectivity index (χ2v) is 6.74. The van der Waals surface area contributed by atoms with Crippen LogP contribution < -0.4 is 15.9 Å². The van der Waals surface area contributed by atoms with E-state index in [0.29, 0.717) is 12.1 Å². The van der Waals surface area contributed by atoms with Crippen LogP contribution in [0.4, 0.5) is 0 Å². The molecule has 1 saturated heterocycles. The number of rotatable bonds is 4. The van der Waals surface area contributed by atoms with Crippen LogP contribution in [0.5, 0.6) is 0 Å². The minimum atomic E-state index is -0.173. The smallest absolute Gasteiger partial charge is 0.251 e. The van der Waals surface area contributed by atoms with Gasteiger partial charge >= 0.3 is 0 Å². The van der Waals surface area contributed by atoms with Crippen molar-refractivity contribution in [1.82, 2.24) is 10.2 Å². The fraction of sp³-hybridized carbons (Fsp3) is 0.556. The molecule has 5 nitrogen and oxygen atoms in total. The van der Waals surface area contributed by atoms with Crippen molar-refractivity contribution in [1.29, 1.82) is 0 Å². The van der Waals surface area contributed by atoms with Crippen molar-refractivity contribution in [3.8, 4) is 0 Å². The number of hydrogen-bond acceptors (Lipinski definition) is 4. The Morgan fingerprint density at radius 3 is 2.83 bits per heavy atom. The van der Waals surface area contributed by atoms with Crippen LogP contribution in [0, 0.1) is 0 Å². The first-order chi connectivity index (χ1) is 11.0. The molecule has 2 heterocycles. The van der Waals surface area contributed by atoms with Gasteiger partial charge in [-0.2, -0.15) is 0 Å². The number of fused-ring (bicyclic) bond motifs is 1. The molecule has 0 atom stereocenters. The lowest BCUT2D eigenvalue weighted by atomic mass is 9.96. The van der Waals surface area contributed by atoms with E-state index in [1.165, 1.54) is 5.57 Å². The van der Waals surface area contributed by atoms with Crippen molar-refractivity contribution in [2.24, 2.45) is 4.99 Å². The maximum Gasteiger partial charge on any atom is 0.251 e. The number of amides is 1. The molecule has 0 saturated carbocycles. The summed E-state index contributed by atoms with van der Waals surface area (Å²) < 4.78 is 5.33. The van der Waals surface area contributed by atoms with E-state index in [4.69, 9.17) is 9.73 Å². The van der Waals surface area contributed by atoms with Crippen LogP contribution in [0.3, 0.4) is 0 Å². The summed E-state index contributed by atoms with van der Waals surface area (Å²) in [4.78, 5) is 19.4. The van der Waals surface area contributed by atoms with Crippen LogP contribution in [-0.4, -0.2) is 55.7 Å². The van der Waals surface area contributed by atoms with Crippen LogP contribution in [0.1, 0.15) is 31.1 Å². The van der Waals surface area contributed by atoms with Gasteiger partial charge < -0.3 is 10.1 Å². The number of morpholine rings is 1. The number of hydrogen-bond donors (Lipinski definition) is 1. The Kier molecular flexibility index (Phi) is 4.50. The van der Waals surface area contributed by atoms with Crippen LogP contribution in [0.15, 0.2) is 23.2 Å². The van der Waals surface area contributed by atoms with Gasteiger partial charge in [0.2, 0.25) is 0 Å². The van der Waals surface area contributed by atoms with E-state index >= 15 is 0 Å². The number of carbonyl (C=O) groups excluding carboxylic acids is 1. The molecule has 0 bridgehead atoms. The molecule has 1 aromatic rings. The van der Waals surface area contributed by atoms with Gasteiger partial charge in [-0.25, -0.2) is 0 Å². The van der Waals surface area contributed by atoms with Gasteiger partial charge in [0.1, 0.15) is 0 Å². The summed E-state index contributed by atoms with van der Waals surface area (Å²) in [5.41, 5.74) is 1.75. The molecule has 1 aromatic carbocycles. The molecule has 0 unspecified atom stereocenters. The average Bonchev–Trinajstić information content (AvgIpc) is 2.77. The predicted molar refractivity (Wildman–Crippen MR) is 90.0 cm³/mol. The molecule has 3 rings (SSSR count). The number of carbonyl (C=O) groups is 1. The van der Waals surface area contributed by atoms with Crippen molar-refractivity contribution in [3.63, 3.8) is 0 Å². The highest BCUT2D eigenvalue weighted by molar-refractivity contribution is 5.94. The second-order valence-electron chi connectivity index (χ2n) is 6.74. The summed E-state index contributed by atoms with van der Waals surface area (Å²) in [5.74, 6) is -0.0152. The van der Waals surface area contributed by atoms with Crippen molar-refractivity contribution in [2.45, 2.75) is 26.3 Å². The van der Waals surface area contributed by atoms with Crippen LogP contribution in [0.2, 0.25) is 0 Å². The van der Waals surface area contributed by atoms with Gasteiger partial charge in [0.05, 0.1) is 24.1 Å². The van der Waals surface area contributed by atoms with Gasteiger partial charge in [0.15, 0.2) is 0 Å². The summed E-state index contributed by atoms with van der Waals surface area (Å²) in [6.07, 6.45) is 0. The fourth-order valence-corrected chi connectivity index (χ4v) is 3.04. The average molecular weight is 315 g/mol. The van der Waals surface area contributed by atoms with Gasteiger partial charge in [-0.1, -0.05) is 0 Å². The van der Waals surface area contributed by atoms with Crippen LogP contribution in [-0.2, 0) is 4.74 Å². The molecule has 5 heteroatoms. The largest absolute Gasteiger partial charge is 0.379 e. The lowest BCUT2D eigenvalue weighted by molar-refractivity contribution is 0.0383. The van der Waals surface area contributed by atoms with Gasteiger partial charge in [0.25, 0.3) is 5.91 Å². The Labute approximate surface area is 137 Å². The van der Waals surface area contributed by atoms with Gasteiger partial charge in [-0.05, 0) is 44.5 Å². The first kappa shape index (κ1) is 16.1. The van der Waals surface area contributed by atoms with E-state index in [1.54, 1.807) is 0 Å². The molecule has 124 valence electrons. The molecule has 1 amide bonds. The van der Waals surface area contributed by atoms with E-state index in [9.17, 15) is 4.79 Å². The highest BCUT2D eigenvalue weighted by Gasteiger charge is 2.24. The number of nitrogens with one attached hydrogen (secondary N) is 1. The lowest BCUT2D eigenvalue weighted by Gasteiger charge is -2.26. The molecule has 2 aliphatic rings. The van der Waals surface area contributed by atoms with E-state index < -0.39 is 0 Å². The van der Waals surface area contributed by atoms with E-state index in [2.05, 4.69) is 31.0 Å². The van der Waals surface area contributed by atoms with E-state index in [-0.39, 0.29) is 11.4 Å². The maximum absolute atomic E-state index is 12.4. The third-order valence-electron chi connectivity index (χ3n) is 4.80. The van der Waals surface area contributed by atoms with Crippen LogP contribution in [0.25, 0.3) is 5.57 Å². The first-order valence-electron chi connectivity index (χ1n) is 8.27. The summed E-state index contributed by atoms with van der Waals surface area (Å²) in [6.45, 7) is 11.3. The quantitative estimate of drug-likeness (QED) is 0.871. The number of benzene rings is 1. The van der Waals surface area contributed by atoms with Crippen molar-refractivity contribution in [3.05, 3.63) is 34.3 Å². The third kappa shape index (κ3) is 3.46. The molecular weight excluding hydrogens is 290 g/mol. The molecule has 0 radical (unpaired) electrons. The fourth-order valence-electron chi connectivity index (χ4n) is 3.04. The third-order valence-corrected chi connectivity index (χ3v) is 4.80. The zero-order chi connectivity index (χ0) is 16.4. The minimum absolute atomic E-state index is 0.0152. The topological polar surface area (TPSA) is 53.9 Å². The maximum atomic E-state index is 12.4. The molecule has 2 aliphatic heterocycles. The molecule has 0 aromatic heterocycles. The van der Waals surface area contributed by atoms with Gasteiger partial charge in [-0.3, -0.25) is 14.7 Å². The Bertz CT molecular complexity index is 718. The Morgan fingerprint density at radius 1 is 1.35 bits per heavy atom. The SMILES string of the molecule is CC1=c2cc(C(=O)NCCN3CCOCC3)ccc2=NC1(C)C. The normalized spacial score (nSPS) is 20.0. The lowest BCUT2D eigenvalue weighted by Crippen LogP contribution is -2.41. The Hall–Kier alpha value is -1.72. The van der Waals surface area contributed by atoms with Crippen molar-refractivity contribution in [2.75, 3.05) is 39.4 Å². The highest BCUT2D eigenvalue weighted by atomic mass is 16.5. The number of ether oxygens (including phenoxy) is 1. The molecule has 1 fully saturated rings. The standard InChI is InChI=1S/C18H25N3O2/c1-13-15-12-14(4-5-16(15)20-18(13,2)3)17(22)19-6-7-21-8-10-23-11-9-21/h4-5,12H,6-11H2,1-3H3,(H,19,22). The Morgan fingerprint density at radius 2 is 2.09 bits per heavy atom. The zero-order valence-corrected chi connectivity index (χ0v) is 14.2. The van der Waals surface area contributed by atoms with Crippen LogP contribution >= 0.6 is 0 Å². The van der Waals surface area contributed by atoms with Gasteiger partial charge in [-0.15, -0.1) is 0 Å². The summed E-state index contributed by atoms with van der Waals surface area (Å²) >= 11 is 0. The summed E-state index contributed by atoms with van der Waals surface area (Å²) in [5, 5.41) is 5.09. The highest BCUT2D eigenvalue weighted by Crippen LogP contribution is 2.21. The Balaban J connectivity index is 1.64. The monoisotopic (exact) mass is 315 g/mol.